The van der Waals surface area contributed by atoms with E-state index in [1.807, 2.05) is 0 Å². The molecule has 0 saturated carbocycles. The van der Waals surface area contributed by atoms with Gasteiger partial charge in [-0.25, -0.2) is 8.42 Å². The number of nitrogens with zero attached hydrogens (tertiary/aromatic N) is 1. The third kappa shape index (κ3) is 3.53. The monoisotopic (exact) mass is 323 g/mol. The Morgan fingerprint density at radius 1 is 1.05 bits per heavy atom. The second kappa shape index (κ2) is 6.02. The van der Waals surface area contributed by atoms with E-state index in [-0.39, 0.29) is 16.3 Å². The number of hydrogen-bond acceptors (Lipinski definition) is 6. The predicted molar refractivity (Wildman–Crippen MR) is 79.3 cm³/mol. The van der Waals surface area contributed by atoms with Gasteiger partial charge < -0.3 is 9.47 Å². The number of benzene rings is 2. The van der Waals surface area contributed by atoms with Crippen molar-refractivity contribution in [2.24, 2.45) is 0 Å². The molecule has 0 bridgehead atoms. The first kappa shape index (κ1) is 15.8. The highest BCUT2D eigenvalue weighted by Crippen LogP contribution is 2.34. The summed E-state index contributed by atoms with van der Waals surface area (Å²) in [5, 5.41) is 11.1. The molecule has 0 amide bonds. The van der Waals surface area contributed by atoms with Crippen molar-refractivity contribution in [1.82, 2.24) is 0 Å². The second-order valence-corrected chi connectivity index (χ2v) is 6.45. The van der Waals surface area contributed by atoms with Crippen LogP contribution in [0.15, 0.2) is 47.4 Å². The highest BCUT2D eigenvalue weighted by Gasteiger charge is 2.17. The van der Waals surface area contributed by atoms with Gasteiger partial charge in [0.1, 0.15) is 11.5 Å². The maximum Gasteiger partial charge on any atom is 0.315 e. The first-order valence-corrected chi connectivity index (χ1v) is 8.01. The van der Waals surface area contributed by atoms with Gasteiger partial charge in [0, 0.05) is 6.26 Å². The summed E-state index contributed by atoms with van der Waals surface area (Å²) >= 11 is 0. The zero-order valence-electron chi connectivity index (χ0n) is 11.8. The highest BCUT2D eigenvalue weighted by molar-refractivity contribution is 7.90. The molecule has 116 valence electrons. The fourth-order valence-corrected chi connectivity index (χ4v) is 2.37. The lowest BCUT2D eigenvalue weighted by Gasteiger charge is -2.08. The normalized spacial score (nSPS) is 11.0. The average molecular weight is 323 g/mol. The van der Waals surface area contributed by atoms with E-state index in [2.05, 4.69) is 0 Å². The van der Waals surface area contributed by atoms with E-state index in [0.717, 1.165) is 6.26 Å². The summed E-state index contributed by atoms with van der Waals surface area (Å²) < 4.78 is 33.1. The van der Waals surface area contributed by atoms with E-state index >= 15 is 0 Å². The molecule has 0 fully saturated rings. The molecule has 0 saturated heterocycles. The number of rotatable bonds is 5. The van der Waals surface area contributed by atoms with Gasteiger partial charge in [-0.2, -0.15) is 0 Å². The number of nitro benzene ring substituents is 1. The summed E-state index contributed by atoms with van der Waals surface area (Å²) in [6, 6.07) is 9.82. The van der Waals surface area contributed by atoms with Gasteiger partial charge in [0.2, 0.25) is 5.75 Å². The van der Waals surface area contributed by atoms with Gasteiger partial charge in [0.05, 0.1) is 23.0 Å². The van der Waals surface area contributed by atoms with Crippen LogP contribution in [0.4, 0.5) is 5.69 Å². The molecule has 2 rings (SSSR count). The van der Waals surface area contributed by atoms with Crippen molar-refractivity contribution in [1.29, 1.82) is 0 Å². The number of ether oxygens (including phenoxy) is 2. The van der Waals surface area contributed by atoms with Crippen LogP contribution in [-0.2, 0) is 9.84 Å². The molecule has 0 heterocycles. The Labute approximate surface area is 127 Å². The minimum absolute atomic E-state index is 0.0397. The molecule has 2 aromatic carbocycles. The Morgan fingerprint density at radius 3 is 2.14 bits per heavy atom. The lowest BCUT2D eigenvalue weighted by Crippen LogP contribution is -1.97. The lowest BCUT2D eigenvalue weighted by molar-refractivity contribution is -0.385. The van der Waals surface area contributed by atoms with Crippen LogP contribution in [0.1, 0.15) is 0 Å². The van der Waals surface area contributed by atoms with Gasteiger partial charge in [0.25, 0.3) is 0 Å². The quantitative estimate of drug-likeness (QED) is 0.620. The van der Waals surface area contributed by atoms with Gasteiger partial charge in [-0.1, -0.05) is 0 Å². The van der Waals surface area contributed by atoms with Gasteiger partial charge in [0.15, 0.2) is 9.84 Å². The molecular weight excluding hydrogens is 310 g/mol. The lowest BCUT2D eigenvalue weighted by atomic mass is 10.2. The van der Waals surface area contributed by atoms with Crippen molar-refractivity contribution in [3.63, 3.8) is 0 Å². The number of hydrogen-bond donors (Lipinski definition) is 0. The molecule has 0 unspecified atom stereocenters. The SMILES string of the molecule is COc1ccc(Oc2ccc(S(C)(=O)=O)cc2)c([N+](=O)[O-])c1. The fourth-order valence-electron chi connectivity index (χ4n) is 1.73. The molecule has 0 aliphatic heterocycles. The molecular formula is C14H13NO6S. The standard InChI is InChI=1S/C14H13NO6S/c1-20-11-5-8-14(13(9-11)15(16)17)21-10-3-6-12(7-4-10)22(2,18)19/h3-9H,1-2H3. The van der Waals surface area contributed by atoms with Crippen LogP contribution in [0.2, 0.25) is 0 Å². The zero-order chi connectivity index (χ0) is 16.3. The van der Waals surface area contributed by atoms with Crippen LogP contribution >= 0.6 is 0 Å². The number of sulfone groups is 1. The van der Waals surface area contributed by atoms with Crippen LogP contribution in [-0.4, -0.2) is 26.7 Å². The molecule has 22 heavy (non-hydrogen) atoms. The molecule has 0 radical (unpaired) electrons. The number of nitro groups is 1. The van der Waals surface area contributed by atoms with E-state index in [1.54, 1.807) is 0 Å². The Bertz CT molecular complexity index is 799. The average Bonchev–Trinajstić information content (AvgIpc) is 2.47. The maximum atomic E-state index is 11.4. The molecule has 0 spiro atoms. The van der Waals surface area contributed by atoms with Crippen LogP contribution in [0.3, 0.4) is 0 Å². The predicted octanol–water partition coefficient (Wildman–Crippen LogP) is 2.80. The van der Waals surface area contributed by atoms with Crippen LogP contribution in [0.25, 0.3) is 0 Å². The third-order valence-corrected chi connectivity index (χ3v) is 3.97. The van der Waals surface area contributed by atoms with E-state index in [4.69, 9.17) is 9.47 Å². The zero-order valence-corrected chi connectivity index (χ0v) is 12.7. The summed E-state index contributed by atoms with van der Waals surface area (Å²) in [5.74, 6) is 0.671. The second-order valence-electron chi connectivity index (χ2n) is 4.44. The van der Waals surface area contributed by atoms with Crippen molar-refractivity contribution in [2.45, 2.75) is 4.90 Å². The van der Waals surface area contributed by atoms with Crippen molar-refractivity contribution >= 4 is 15.5 Å². The van der Waals surface area contributed by atoms with Gasteiger partial charge in [-0.3, -0.25) is 10.1 Å². The van der Waals surface area contributed by atoms with E-state index < -0.39 is 14.8 Å². The van der Waals surface area contributed by atoms with E-state index in [9.17, 15) is 18.5 Å². The summed E-state index contributed by atoms with van der Waals surface area (Å²) in [5.41, 5.74) is -0.244. The van der Waals surface area contributed by atoms with E-state index in [0.29, 0.717) is 11.5 Å². The van der Waals surface area contributed by atoms with Crippen LogP contribution < -0.4 is 9.47 Å². The van der Waals surface area contributed by atoms with Crippen molar-refractivity contribution in [3.8, 4) is 17.2 Å². The number of methoxy groups -OCH3 is 1. The van der Waals surface area contributed by atoms with Gasteiger partial charge in [-0.05, 0) is 36.4 Å². The topological polar surface area (TPSA) is 95.7 Å². The molecule has 8 heteroatoms. The van der Waals surface area contributed by atoms with E-state index in [1.165, 1.54) is 49.6 Å². The van der Waals surface area contributed by atoms with Crippen molar-refractivity contribution in [2.75, 3.05) is 13.4 Å². The molecule has 0 N–H and O–H groups in total. The van der Waals surface area contributed by atoms with Gasteiger partial charge in [-0.15, -0.1) is 0 Å². The smallest absolute Gasteiger partial charge is 0.315 e. The van der Waals surface area contributed by atoms with Crippen LogP contribution in [0, 0.1) is 10.1 Å². The van der Waals surface area contributed by atoms with Crippen LogP contribution in [0.5, 0.6) is 17.2 Å². The first-order valence-electron chi connectivity index (χ1n) is 6.11. The molecule has 2 aromatic rings. The summed E-state index contributed by atoms with van der Waals surface area (Å²) in [4.78, 5) is 10.6. The summed E-state index contributed by atoms with van der Waals surface area (Å²) in [6.45, 7) is 0. The Morgan fingerprint density at radius 2 is 1.64 bits per heavy atom. The molecule has 0 aromatic heterocycles. The largest absolute Gasteiger partial charge is 0.496 e. The molecule has 0 atom stereocenters. The Balaban J connectivity index is 2.33. The van der Waals surface area contributed by atoms with Gasteiger partial charge >= 0.3 is 5.69 Å². The first-order chi connectivity index (χ1) is 10.3. The summed E-state index contributed by atoms with van der Waals surface area (Å²) in [6.07, 6.45) is 1.09. The van der Waals surface area contributed by atoms with Crippen molar-refractivity contribution in [3.05, 3.63) is 52.6 Å². The molecule has 0 aliphatic rings. The fraction of sp³-hybridized carbons (Fsp3) is 0.143. The Hall–Kier alpha value is -2.61. The molecule has 0 aliphatic carbocycles. The minimum Gasteiger partial charge on any atom is -0.496 e. The maximum absolute atomic E-state index is 11.4. The summed E-state index contributed by atoms with van der Waals surface area (Å²) in [7, 11) is -1.90. The molecule has 7 nitrogen and oxygen atoms in total. The van der Waals surface area contributed by atoms with Crippen molar-refractivity contribution < 1.29 is 22.8 Å². The highest BCUT2D eigenvalue weighted by atomic mass is 32.2. The third-order valence-electron chi connectivity index (χ3n) is 2.84. The minimum atomic E-state index is -3.30. The Kier molecular flexibility index (Phi) is 4.32.